The number of anilines is 2. The summed E-state index contributed by atoms with van der Waals surface area (Å²) in [7, 11) is 1.83. The molecule has 0 aromatic heterocycles. The topological polar surface area (TPSA) is 88.3 Å². The van der Waals surface area contributed by atoms with Crippen LogP contribution >= 0.6 is 23.2 Å². The molecule has 1 aliphatic rings. The van der Waals surface area contributed by atoms with Gasteiger partial charge in [-0.3, -0.25) is 9.69 Å². The Morgan fingerprint density at radius 2 is 1.92 bits per heavy atom. The van der Waals surface area contributed by atoms with Gasteiger partial charge in [0, 0.05) is 51.4 Å². The number of benzene rings is 2. The predicted octanol–water partition coefficient (Wildman–Crippen LogP) is 4.39. The summed E-state index contributed by atoms with van der Waals surface area (Å²) in [6.45, 7) is 7.08. The van der Waals surface area contributed by atoms with Crippen molar-refractivity contribution in [2.45, 2.75) is 38.6 Å². The van der Waals surface area contributed by atoms with Gasteiger partial charge in [-0.05, 0) is 56.5 Å². The van der Waals surface area contributed by atoms with Crippen LogP contribution in [0.1, 0.15) is 31.7 Å². The second kappa shape index (κ2) is 15.2. The first kappa shape index (κ1) is 30.0. The molecule has 0 bridgehead atoms. The van der Waals surface area contributed by atoms with E-state index in [2.05, 4.69) is 9.80 Å². The standard InChI is InChI=1S/C28H38Cl2N4O4/c1-21(31)28(36)38-20-32(2)26-19-23(11-10-22(26)7-6-17-35)37-18-4-3-12-33-13-15-34(16-14-33)25-9-5-8-24(29)27(25)30/h5,8-11,17,19,21H,3-4,6-7,12-16,18,20,31H2,1-2H3. The number of unbranched alkanes of at least 4 members (excludes halogenated alkanes) is 1. The summed E-state index contributed by atoms with van der Waals surface area (Å²) >= 11 is 12.6. The quantitative estimate of drug-likeness (QED) is 0.156. The van der Waals surface area contributed by atoms with E-state index in [9.17, 15) is 9.59 Å². The van der Waals surface area contributed by atoms with Crippen molar-refractivity contribution in [1.82, 2.24) is 4.90 Å². The molecule has 1 heterocycles. The molecule has 0 aliphatic carbocycles. The number of nitrogens with zero attached hydrogens (tertiary/aromatic N) is 3. The Morgan fingerprint density at radius 1 is 1.16 bits per heavy atom. The maximum atomic E-state index is 11.8. The van der Waals surface area contributed by atoms with E-state index in [0.717, 1.165) is 74.5 Å². The highest BCUT2D eigenvalue weighted by Crippen LogP contribution is 2.33. The number of carbonyl (C=O) groups is 2. The first-order valence-electron chi connectivity index (χ1n) is 13.0. The summed E-state index contributed by atoms with van der Waals surface area (Å²) in [5, 5.41) is 1.21. The average Bonchev–Trinajstić information content (AvgIpc) is 2.92. The zero-order valence-electron chi connectivity index (χ0n) is 22.2. The third-order valence-electron chi connectivity index (χ3n) is 6.55. The lowest BCUT2D eigenvalue weighted by molar-refractivity contribution is -0.144. The molecule has 2 aromatic carbocycles. The van der Waals surface area contributed by atoms with Gasteiger partial charge in [0.2, 0.25) is 0 Å². The zero-order valence-corrected chi connectivity index (χ0v) is 23.7. The lowest BCUT2D eigenvalue weighted by Crippen LogP contribution is -2.46. The van der Waals surface area contributed by atoms with E-state index in [0.29, 0.717) is 29.5 Å². The van der Waals surface area contributed by atoms with Crippen molar-refractivity contribution >= 4 is 46.8 Å². The van der Waals surface area contributed by atoms with E-state index in [1.165, 1.54) is 0 Å². The van der Waals surface area contributed by atoms with Gasteiger partial charge in [0.1, 0.15) is 18.1 Å². The van der Waals surface area contributed by atoms with E-state index in [1.54, 1.807) is 6.92 Å². The van der Waals surface area contributed by atoms with Gasteiger partial charge >= 0.3 is 5.97 Å². The van der Waals surface area contributed by atoms with Gasteiger partial charge in [0.05, 0.1) is 22.3 Å². The molecule has 1 saturated heterocycles. The van der Waals surface area contributed by atoms with Crippen LogP contribution in [-0.2, 0) is 20.7 Å². The van der Waals surface area contributed by atoms with Crippen molar-refractivity contribution in [2.75, 3.05) is 62.9 Å². The maximum absolute atomic E-state index is 11.8. The van der Waals surface area contributed by atoms with Crippen molar-refractivity contribution in [3.05, 3.63) is 52.0 Å². The Bertz CT molecular complexity index is 1060. The number of esters is 1. The summed E-state index contributed by atoms with van der Waals surface area (Å²) in [5.41, 5.74) is 8.43. The number of aldehydes is 1. The first-order chi connectivity index (χ1) is 18.3. The van der Waals surface area contributed by atoms with Gasteiger partial charge < -0.3 is 29.8 Å². The van der Waals surface area contributed by atoms with Crippen LogP contribution in [0.3, 0.4) is 0 Å². The molecule has 10 heteroatoms. The summed E-state index contributed by atoms with van der Waals surface area (Å²) in [6.07, 6.45) is 3.89. The van der Waals surface area contributed by atoms with E-state index >= 15 is 0 Å². The minimum absolute atomic E-state index is 0.0642. The number of hydrogen-bond acceptors (Lipinski definition) is 8. The molecule has 8 nitrogen and oxygen atoms in total. The highest BCUT2D eigenvalue weighted by Gasteiger charge is 2.19. The van der Waals surface area contributed by atoms with E-state index in [-0.39, 0.29) is 6.73 Å². The summed E-state index contributed by atoms with van der Waals surface area (Å²) in [5.74, 6) is 0.278. The number of ether oxygens (including phenoxy) is 2. The molecule has 2 N–H and O–H groups in total. The van der Waals surface area contributed by atoms with Crippen LogP contribution < -0.4 is 20.3 Å². The fourth-order valence-electron chi connectivity index (χ4n) is 4.35. The molecule has 38 heavy (non-hydrogen) atoms. The Morgan fingerprint density at radius 3 is 2.63 bits per heavy atom. The number of piperazine rings is 1. The van der Waals surface area contributed by atoms with Crippen LogP contribution in [0.15, 0.2) is 36.4 Å². The molecule has 208 valence electrons. The lowest BCUT2D eigenvalue weighted by Gasteiger charge is -2.36. The number of halogens is 2. The van der Waals surface area contributed by atoms with E-state index in [4.69, 9.17) is 38.4 Å². The highest BCUT2D eigenvalue weighted by molar-refractivity contribution is 6.43. The second-order valence-electron chi connectivity index (χ2n) is 9.53. The minimum atomic E-state index is -0.682. The molecule has 0 saturated carbocycles. The Kier molecular flexibility index (Phi) is 12.0. The van der Waals surface area contributed by atoms with Crippen LogP contribution in [0, 0.1) is 0 Å². The Labute approximate surface area is 235 Å². The maximum Gasteiger partial charge on any atom is 0.324 e. The highest BCUT2D eigenvalue weighted by atomic mass is 35.5. The zero-order chi connectivity index (χ0) is 27.5. The van der Waals surface area contributed by atoms with Crippen molar-refractivity contribution in [3.8, 4) is 5.75 Å². The van der Waals surface area contributed by atoms with Gasteiger partial charge in [-0.15, -0.1) is 0 Å². The number of aryl methyl sites for hydroxylation is 1. The minimum Gasteiger partial charge on any atom is -0.494 e. The molecule has 0 radical (unpaired) electrons. The van der Waals surface area contributed by atoms with Gasteiger partial charge in [0.25, 0.3) is 0 Å². The SMILES string of the molecule is CC(N)C(=O)OCN(C)c1cc(OCCCCN2CCN(c3cccc(Cl)c3Cl)CC2)ccc1CCC=O. The lowest BCUT2D eigenvalue weighted by atomic mass is 10.1. The monoisotopic (exact) mass is 564 g/mol. The fraction of sp³-hybridized carbons (Fsp3) is 0.500. The molecule has 3 rings (SSSR count). The van der Waals surface area contributed by atoms with Gasteiger partial charge in [-0.25, -0.2) is 0 Å². The van der Waals surface area contributed by atoms with Gasteiger partial charge in [-0.2, -0.15) is 0 Å². The van der Waals surface area contributed by atoms with Crippen molar-refractivity contribution < 1.29 is 19.1 Å². The largest absolute Gasteiger partial charge is 0.494 e. The van der Waals surface area contributed by atoms with Crippen LogP contribution in [0.4, 0.5) is 11.4 Å². The molecule has 1 atom stereocenters. The average molecular weight is 566 g/mol. The Hall–Kier alpha value is -2.52. The first-order valence-corrected chi connectivity index (χ1v) is 13.8. The molecule has 2 aromatic rings. The number of nitrogens with two attached hydrogens (primary N) is 1. The van der Waals surface area contributed by atoms with Crippen molar-refractivity contribution in [3.63, 3.8) is 0 Å². The third kappa shape index (κ3) is 8.76. The smallest absolute Gasteiger partial charge is 0.324 e. The fourth-order valence-corrected chi connectivity index (χ4v) is 4.77. The van der Waals surface area contributed by atoms with E-state index < -0.39 is 12.0 Å². The van der Waals surface area contributed by atoms with Crippen LogP contribution in [0.25, 0.3) is 0 Å². The normalized spacial score (nSPS) is 14.7. The van der Waals surface area contributed by atoms with Crippen LogP contribution in [-0.4, -0.2) is 76.3 Å². The number of carbonyl (C=O) groups excluding carboxylic acids is 2. The molecular weight excluding hydrogens is 527 g/mol. The molecule has 0 amide bonds. The molecule has 1 unspecified atom stereocenters. The van der Waals surface area contributed by atoms with E-state index in [1.807, 2.05) is 48.3 Å². The number of rotatable bonds is 14. The summed E-state index contributed by atoms with van der Waals surface area (Å²) < 4.78 is 11.3. The molecular formula is C28H38Cl2N4O4. The van der Waals surface area contributed by atoms with Crippen molar-refractivity contribution in [1.29, 1.82) is 0 Å². The molecule has 0 spiro atoms. The number of hydrogen-bond donors (Lipinski definition) is 1. The van der Waals surface area contributed by atoms with Crippen LogP contribution in [0.2, 0.25) is 10.0 Å². The summed E-state index contributed by atoms with van der Waals surface area (Å²) in [4.78, 5) is 29.2. The van der Waals surface area contributed by atoms with Gasteiger partial charge in [0.15, 0.2) is 6.73 Å². The molecule has 1 aliphatic heterocycles. The van der Waals surface area contributed by atoms with Crippen molar-refractivity contribution in [2.24, 2.45) is 5.73 Å². The van der Waals surface area contributed by atoms with Gasteiger partial charge in [-0.1, -0.05) is 35.3 Å². The Balaban J connectivity index is 1.44. The predicted molar refractivity (Wildman–Crippen MR) is 154 cm³/mol. The summed E-state index contributed by atoms with van der Waals surface area (Å²) in [6, 6.07) is 10.9. The second-order valence-corrected chi connectivity index (χ2v) is 10.3. The third-order valence-corrected chi connectivity index (χ3v) is 7.36. The molecule has 1 fully saturated rings. The van der Waals surface area contributed by atoms with Crippen LogP contribution in [0.5, 0.6) is 5.75 Å².